The van der Waals surface area contributed by atoms with E-state index in [9.17, 15) is 0 Å². The first-order chi connectivity index (χ1) is 10.9. The molecular weight excluding hydrogens is 272 g/mol. The molecule has 1 saturated heterocycles. The van der Waals surface area contributed by atoms with Crippen LogP contribution in [0.5, 0.6) is 0 Å². The fraction of sp³-hybridized carbons (Fsp3) is 0.333. The van der Waals surface area contributed by atoms with Crippen LogP contribution in [0.15, 0.2) is 54.9 Å². The molecule has 0 aromatic heterocycles. The molecule has 0 unspecified atom stereocenters. The highest BCUT2D eigenvalue weighted by atomic mass is 15.7. The fourth-order valence-corrected chi connectivity index (χ4v) is 3.62. The number of hydrazine groups is 2. The smallest absolute Gasteiger partial charge is 0.0778 e. The van der Waals surface area contributed by atoms with Crippen molar-refractivity contribution in [3.63, 3.8) is 0 Å². The lowest BCUT2D eigenvalue weighted by Gasteiger charge is -2.36. The van der Waals surface area contributed by atoms with Gasteiger partial charge in [0.25, 0.3) is 0 Å². The van der Waals surface area contributed by atoms with Gasteiger partial charge in [-0.05, 0) is 54.3 Å². The van der Waals surface area contributed by atoms with E-state index in [0.29, 0.717) is 12.0 Å². The number of benzene rings is 2. The van der Waals surface area contributed by atoms with Crippen molar-refractivity contribution in [1.29, 1.82) is 0 Å². The second kappa shape index (κ2) is 5.99. The Balaban J connectivity index is 1.70. The summed E-state index contributed by atoms with van der Waals surface area (Å²) in [6, 6.07) is 15.8. The Morgan fingerprint density at radius 2 is 1.64 bits per heavy atom. The van der Waals surface area contributed by atoms with Crippen LogP contribution in [0, 0.1) is 5.92 Å². The van der Waals surface area contributed by atoms with E-state index in [0.717, 1.165) is 13.1 Å². The average molecular weight is 294 g/mol. The van der Waals surface area contributed by atoms with Crippen LogP contribution >= 0.6 is 0 Å². The molecule has 0 amide bonds. The van der Waals surface area contributed by atoms with Crippen molar-refractivity contribution in [2.75, 3.05) is 13.1 Å². The third-order valence-corrected chi connectivity index (χ3v) is 4.73. The summed E-state index contributed by atoms with van der Waals surface area (Å²) in [5.41, 5.74) is 8.01. The standard InChI is InChI=1S/C18H22N4/c1-2-4-16-13-17(6-5-14(16)3-1)18(22-20-11-12-21-22)15-7-9-19-10-8-15/h1-6,11-13,15,18-21H,7-10H2/t18-/m0/s1. The summed E-state index contributed by atoms with van der Waals surface area (Å²) < 4.78 is 0. The van der Waals surface area contributed by atoms with E-state index in [1.54, 1.807) is 0 Å². The van der Waals surface area contributed by atoms with Crippen LogP contribution in [0.4, 0.5) is 0 Å². The molecule has 0 radical (unpaired) electrons. The molecule has 2 aromatic rings. The zero-order valence-corrected chi connectivity index (χ0v) is 12.6. The first kappa shape index (κ1) is 13.6. The Hall–Kier alpha value is -2.04. The molecule has 0 aliphatic carbocycles. The van der Waals surface area contributed by atoms with Gasteiger partial charge in [-0.3, -0.25) is 0 Å². The first-order valence-corrected chi connectivity index (χ1v) is 8.08. The second-order valence-electron chi connectivity index (χ2n) is 6.10. The minimum absolute atomic E-state index is 0.335. The molecule has 0 bridgehead atoms. The van der Waals surface area contributed by atoms with Crippen LogP contribution < -0.4 is 16.2 Å². The third-order valence-electron chi connectivity index (χ3n) is 4.73. The summed E-state index contributed by atoms with van der Waals surface area (Å²) in [7, 11) is 0. The number of nitrogens with one attached hydrogen (secondary N) is 3. The van der Waals surface area contributed by atoms with E-state index >= 15 is 0 Å². The molecule has 22 heavy (non-hydrogen) atoms. The van der Waals surface area contributed by atoms with Crippen LogP contribution in [-0.2, 0) is 0 Å². The number of nitrogens with zero attached hydrogens (tertiary/aromatic N) is 1. The number of rotatable bonds is 3. The minimum Gasteiger partial charge on any atom is -0.317 e. The van der Waals surface area contributed by atoms with Crippen molar-refractivity contribution in [2.24, 2.45) is 5.92 Å². The molecule has 1 fully saturated rings. The summed E-state index contributed by atoms with van der Waals surface area (Å²) in [5, 5.41) is 8.22. The highest BCUT2D eigenvalue weighted by Gasteiger charge is 2.31. The first-order valence-electron chi connectivity index (χ1n) is 8.08. The van der Waals surface area contributed by atoms with Gasteiger partial charge < -0.3 is 16.2 Å². The minimum atomic E-state index is 0.335. The van der Waals surface area contributed by atoms with Crippen LogP contribution in [0.25, 0.3) is 10.8 Å². The molecule has 4 rings (SSSR count). The Morgan fingerprint density at radius 1 is 0.909 bits per heavy atom. The fourth-order valence-electron chi connectivity index (χ4n) is 3.62. The lowest BCUT2D eigenvalue weighted by atomic mass is 9.85. The van der Waals surface area contributed by atoms with Gasteiger partial charge in [0.05, 0.1) is 6.04 Å². The van der Waals surface area contributed by atoms with Crippen LogP contribution in [0.2, 0.25) is 0 Å². The van der Waals surface area contributed by atoms with Gasteiger partial charge in [0.1, 0.15) is 0 Å². The van der Waals surface area contributed by atoms with Crippen molar-refractivity contribution in [1.82, 2.24) is 21.3 Å². The zero-order valence-electron chi connectivity index (χ0n) is 12.6. The Kier molecular flexibility index (Phi) is 3.70. The van der Waals surface area contributed by atoms with E-state index in [2.05, 4.69) is 63.8 Å². The Morgan fingerprint density at radius 3 is 2.41 bits per heavy atom. The average Bonchev–Trinajstić information content (AvgIpc) is 3.10. The molecule has 1 atom stereocenters. The SMILES string of the molecule is C1=CNN([C@H](c2ccc3ccccc3c2)C2CCNCC2)N1. The molecule has 4 heteroatoms. The van der Waals surface area contributed by atoms with Gasteiger partial charge in [0, 0.05) is 12.4 Å². The molecule has 2 aromatic carbocycles. The maximum atomic E-state index is 3.47. The quantitative estimate of drug-likeness (QED) is 0.814. The molecule has 114 valence electrons. The highest BCUT2D eigenvalue weighted by molar-refractivity contribution is 5.83. The lowest BCUT2D eigenvalue weighted by molar-refractivity contribution is 0.0643. The number of piperidine rings is 1. The topological polar surface area (TPSA) is 39.3 Å². The largest absolute Gasteiger partial charge is 0.317 e. The predicted octanol–water partition coefficient (Wildman–Crippen LogP) is 2.68. The predicted molar refractivity (Wildman–Crippen MR) is 89.5 cm³/mol. The van der Waals surface area contributed by atoms with Gasteiger partial charge in [-0.15, -0.1) is 5.12 Å². The normalized spacial score (nSPS) is 20.7. The summed E-state index contributed by atoms with van der Waals surface area (Å²) >= 11 is 0. The van der Waals surface area contributed by atoms with Crippen molar-refractivity contribution in [3.05, 3.63) is 60.4 Å². The van der Waals surface area contributed by atoms with Crippen molar-refractivity contribution < 1.29 is 0 Å². The zero-order chi connectivity index (χ0) is 14.8. The van der Waals surface area contributed by atoms with E-state index in [-0.39, 0.29) is 0 Å². The molecule has 2 aliphatic rings. The Labute approximate surface area is 131 Å². The van der Waals surface area contributed by atoms with Crippen molar-refractivity contribution in [3.8, 4) is 0 Å². The van der Waals surface area contributed by atoms with Gasteiger partial charge in [-0.25, -0.2) is 0 Å². The van der Waals surface area contributed by atoms with Gasteiger partial charge in [0.15, 0.2) is 0 Å². The molecule has 2 heterocycles. The molecule has 3 N–H and O–H groups in total. The van der Waals surface area contributed by atoms with Crippen molar-refractivity contribution >= 4 is 10.8 Å². The number of hydrogen-bond acceptors (Lipinski definition) is 4. The summed E-state index contributed by atoms with van der Waals surface area (Å²) in [4.78, 5) is 0. The molecular formula is C18H22N4. The van der Waals surface area contributed by atoms with Gasteiger partial charge >= 0.3 is 0 Å². The van der Waals surface area contributed by atoms with E-state index in [1.807, 2.05) is 12.4 Å². The maximum absolute atomic E-state index is 3.47. The van der Waals surface area contributed by atoms with Gasteiger partial charge in [-0.1, -0.05) is 36.4 Å². The summed E-state index contributed by atoms with van der Waals surface area (Å²) in [6.07, 6.45) is 6.32. The number of fused-ring (bicyclic) bond motifs is 1. The van der Waals surface area contributed by atoms with E-state index in [1.165, 1.54) is 29.2 Å². The highest BCUT2D eigenvalue weighted by Crippen LogP contribution is 2.34. The molecule has 0 spiro atoms. The molecule has 2 aliphatic heterocycles. The Bertz CT molecular complexity index is 668. The summed E-state index contributed by atoms with van der Waals surface area (Å²) in [5.74, 6) is 0.641. The molecule has 4 nitrogen and oxygen atoms in total. The van der Waals surface area contributed by atoms with E-state index in [4.69, 9.17) is 0 Å². The van der Waals surface area contributed by atoms with E-state index < -0.39 is 0 Å². The third kappa shape index (κ3) is 2.56. The molecule has 0 saturated carbocycles. The van der Waals surface area contributed by atoms with Gasteiger partial charge in [-0.2, -0.15) is 0 Å². The van der Waals surface area contributed by atoms with Crippen molar-refractivity contribution in [2.45, 2.75) is 18.9 Å². The lowest BCUT2D eigenvalue weighted by Crippen LogP contribution is -2.46. The van der Waals surface area contributed by atoms with Crippen LogP contribution in [0.1, 0.15) is 24.4 Å². The van der Waals surface area contributed by atoms with Crippen LogP contribution in [0.3, 0.4) is 0 Å². The number of hydrogen-bond donors (Lipinski definition) is 3. The van der Waals surface area contributed by atoms with Crippen LogP contribution in [-0.4, -0.2) is 18.2 Å². The van der Waals surface area contributed by atoms with Gasteiger partial charge in [0.2, 0.25) is 0 Å². The second-order valence-corrected chi connectivity index (χ2v) is 6.10. The monoisotopic (exact) mass is 294 g/mol. The maximum Gasteiger partial charge on any atom is 0.0778 e. The summed E-state index contributed by atoms with van der Waals surface area (Å²) in [6.45, 7) is 2.21.